The first-order valence-electron chi connectivity index (χ1n) is 8.06. The van der Waals surface area contributed by atoms with Crippen molar-refractivity contribution in [2.75, 3.05) is 5.32 Å². The van der Waals surface area contributed by atoms with Crippen LogP contribution < -0.4 is 10.8 Å². The molecule has 0 aliphatic heterocycles. The number of anilines is 1. The van der Waals surface area contributed by atoms with E-state index in [1.54, 1.807) is 17.5 Å². The smallest absolute Gasteiger partial charge is 0.423 e. The molecule has 0 aliphatic rings. The van der Waals surface area contributed by atoms with Gasteiger partial charge in [-0.1, -0.05) is 24.3 Å². The number of hydrogen-bond acceptors (Lipinski definition) is 5. The van der Waals surface area contributed by atoms with Gasteiger partial charge in [-0.3, -0.25) is 4.79 Å². The summed E-state index contributed by atoms with van der Waals surface area (Å²) in [6.45, 7) is 1.53. The van der Waals surface area contributed by atoms with Gasteiger partial charge in [0.05, 0.1) is 5.69 Å². The molecule has 0 atom stereocenters. The number of aryl methyl sites for hydroxylation is 1. The zero-order chi connectivity index (χ0) is 20.5. The van der Waals surface area contributed by atoms with Crippen LogP contribution in [-0.2, 0) is 11.0 Å². The van der Waals surface area contributed by atoms with E-state index < -0.39 is 24.9 Å². The van der Waals surface area contributed by atoms with E-state index >= 15 is 0 Å². The van der Waals surface area contributed by atoms with Gasteiger partial charge < -0.3 is 15.4 Å². The molecule has 0 saturated heterocycles. The van der Waals surface area contributed by atoms with Gasteiger partial charge in [-0.25, -0.2) is 4.98 Å². The van der Waals surface area contributed by atoms with Crippen molar-refractivity contribution in [1.82, 2.24) is 4.98 Å². The van der Waals surface area contributed by atoms with Crippen LogP contribution in [-0.4, -0.2) is 28.1 Å². The Morgan fingerprint density at radius 1 is 1.29 bits per heavy atom. The van der Waals surface area contributed by atoms with Gasteiger partial charge in [0.2, 0.25) is 5.91 Å². The van der Waals surface area contributed by atoms with Gasteiger partial charge in [0.25, 0.3) is 0 Å². The Labute approximate surface area is 162 Å². The number of aromatic nitrogens is 1. The van der Waals surface area contributed by atoms with Gasteiger partial charge in [0.15, 0.2) is 0 Å². The average molecular weight is 406 g/mol. The average Bonchev–Trinajstić information content (AvgIpc) is 3.03. The molecule has 0 spiro atoms. The summed E-state index contributed by atoms with van der Waals surface area (Å²) in [6.07, 6.45) is -1.80. The number of rotatable bonds is 4. The number of hydrogen-bond donors (Lipinski definition) is 3. The van der Waals surface area contributed by atoms with Crippen LogP contribution in [0.2, 0.25) is 0 Å². The molecule has 0 radical (unpaired) electrons. The van der Waals surface area contributed by atoms with E-state index in [-0.39, 0.29) is 10.3 Å². The van der Waals surface area contributed by atoms with E-state index in [0.717, 1.165) is 17.4 Å². The van der Waals surface area contributed by atoms with Gasteiger partial charge in [0, 0.05) is 16.8 Å². The fourth-order valence-electron chi connectivity index (χ4n) is 2.64. The predicted molar refractivity (Wildman–Crippen MR) is 103 cm³/mol. The maximum atomic E-state index is 12.9. The normalized spacial score (nSPS) is 11.9. The first-order valence-corrected chi connectivity index (χ1v) is 8.94. The fraction of sp³-hybridized carbons (Fsp3) is 0.111. The molecule has 2 aromatic heterocycles. The number of carbonyl (C=O) groups is 1. The number of nitrogens with zero attached hydrogens (tertiary/aromatic N) is 1. The fourth-order valence-corrected chi connectivity index (χ4v) is 3.58. The van der Waals surface area contributed by atoms with Crippen LogP contribution in [0.15, 0.2) is 41.8 Å². The van der Waals surface area contributed by atoms with Crippen molar-refractivity contribution in [1.29, 1.82) is 0 Å². The third-order valence-corrected chi connectivity index (χ3v) is 4.80. The highest BCUT2D eigenvalue weighted by atomic mass is 32.1. The monoisotopic (exact) mass is 406 g/mol. The minimum atomic E-state index is -4.54. The second-order valence-electron chi connectivity index (χ2n) is 6.02. The molecule has 3 rings (SSSR count). The van der Waals surface area contributed by atoms with E-state index in [2.05, 4.69) is 10.3 Å². The molecular weight excluding hydrogens is 392 g/mol. The molecule has 0 bridgehead atoms. The van der Waals surface area contributed by atoms with Crippen molar-refractivity contribution in [3.05, 3.63) is 58.6 Å². The van der Waals surface area contributed by atoms with E-state index in [1.165, 1.54) is 31.2 Å². The maximum Gasteiger partial charge on any atom is 0.488 e. The highest BCUT2D eigenvalue weighted by Gasteiger charge is 2.33. The van der Waals surface area contributed by atoms with Crippen molar-refractivity contribution in [2.24, 2.45) is 0 Å². The SMILES string of the molecule is Cc1cc(C(F)(F)F)nc2scc(NC(=O)/C=C/c3cccc(B(O)O)c3)c12. The Bertz CT molecular complexity index is 1060. The summed E-state index contributed by atoms with van der Waals surface area (Å²) < 4.78 is 38.7. The van der Waals surface area contributed by atoms with E-state index in [9.17, 15) is 28.0 Å². The van der Waals surface area contributed by atoms with Gasteiger partial charge in [-0.05, 0) is 35.7 Å². The Hall–Kier alpha value is -2.69. The molecule has 1 aromatic carbocycles. The summed E-state index contributed by atoms with van der Waals surface area (Å²) in [7, 11) is -1.61. The number of fused-ring (bicyclic) bond motifs is 1. The standard InChI is InChI=1S/C18H14BF3N2O3S/c1-10-7-14(18(20,21)22)24-17-16(10)13(9-28-17)23-15(25)6-5-11-3-2-4-12(8-11)19(26)27/h2-9,26-27H,1H3,(H,23,25)/b6-5+. The van der Waals surface area contributed by atoms with Crippen LogP contribution in [0.4, 0.5) is 18.9 Å². The van der Waals surface area contributed by atoms with Gasteiger partial charge in [-0.15, -0.1) is 11.3 Å². The second kappa shape index (κ2) is 7.74. The Kier molecular flexibility index (Phi) is 5.55. The Morgan fingerprint density at radius 3 is 2.71 bits per heavy atom. The van der Waals surface area contributed by atoms with Gasteiger partial charge >= 0.3 is 13.3 Å². The molecule has 10 heteroatoms. The van der Waals surface area contributed by atoms with Crippen molar-refractivity contribution in [3.63, 3.8) is 0 Å². The number of halogens is 3. The van der Waals surface area contributed by atoms with Crippen LogP contribution in [0.25, 0.3) is 16.3 Å². The minimum absolute atomic E-state index is 0.191. The summed E-state index contributed by atoms with van der Waals surface area (Å²) in [4.78, 5) is 16.0. The molecule has 2 heterocycles. The Balaban J connectivity index is 1.81. The molecular formula is C18H14BF3N2O3S. The lowest BCUT2D eigenvalue weighted by Crippen LogP contribution is -2.29. The van der Waals surface area contributed by atoms with Crippen molar-refractivity contribution < 1.29 is 28.0 Å². The number of pyridine rings is 1. The highest BCUT2D eigenvalue weighted by Crippen LogP contribution is 2.36. The van der Waals surface area contributed by atoms with Crippen LogP contribution in [0, 0.1) is 6.92 Å². The van der Waals surface area contributed by atoms with Gasteiger partial charge in [-0.2, -0.15) is 13.2 Å². The van der Waals surface area contributed by atoms with Crippen molar-refractivity contribution >= 4 is 51.8 Å². The van der Waals surface area contributed by atoms with Crippen LogP contribution in [0.5, 0.6) is 0 Å². The van der Waals surface area contributed by atoms with E-state index in [1.807, 2.05) is 0 Å². The zero-order valence-electron chi connectivity index (χ0n) is 14.5. The minimum Gasteiger partial charge on any atom is -0.423 e. The lowest BCUT2D eigenvalue weighted by atomic mass is 9.79. The highest BCUT2D eigenvalue weighted by molar-refractivity contribution is 7.17. The van der Waals surface area contributed by atoms with E-state index in [0.29, 0.717) is 22.2 Å². The number of nitrogens with one attached hydrogen (secondary N) is 1. The third kappa shape index (κ3) is 4.41. The molecule has 0 fully saturated rings. The van der Waals surface area contributed by atoms with Crippen molar-refractivity contribution in [2.45, 2.75) is 13.1 Å². The predicted octanol–water partition coefficient (Wildman–Crippen LogP) is 2.96. The number of carbonyl (C=O) groups excluding carboxylic acids is 1. The molecule has 0 unspecified atom stereocenters. The summed E-state index contributed by atoms with van der Waals surface area (Å²) in [5, 5.41) is 23.0. The number of amides is 1. The summed E-state index contributed by atoms with van der Waals surface area (Å²) in [6, 6.07) is 7.30. The maximum absolute atomic E-state index is 12.9. The second-order valence-corrected chi connectivity index (χ2v) is 6.88. The largest absolute Gasteiger partial charge is 0.488 e. The topological polar surface area (TPSA) is 82.5 Å². The molecule has 3 N–H and O–H groups in total. The first-order chi connectivity index (χ1) is 13.1. The van der Waals surface area contributed by atoms with Crippen molar-refractivity contribution in [3.8, 4) is 0 Å². The van der Waals surface area contributed by atoms with Crippen LogP contribution >= 0.6 is 11.3 Å². The molecule has 3 aromatic rings. The molecule has 28 heavy (non-hydrogen) atoms. The molecule has 144 valence electrons. The first kappa shape index (κ1) is 20.1. The van der Waals surface area contributed by atoms with Crippen LogP contribution in [0.1, 0.15) is 16.8 Å². The molecule has 1 amide bonds. The van der Waals surface area contributed by atoms with Crippen LogP contribution in [0.3, 0.4) is 0 Å². The molecule has 0 saturated carbocycles. The summed E-state index contributed by atoms with van der Waals surface area (Å²) in [5.74, 6) is -0.478. The van der Waals surface area contributed by atoms with Gasteiger partial charge in [0.1, 0.15) is 10.5 Å². The quantitative estimate of drug-likeness (QED) is 0.460. The Morgan fingerprint density at radius 2 is 2.04 bits per heavy atom. The molecule has 5 nitrogen and oxygen atoms in total. The zero-order valence-corrected chi connectivity index (χ0v) is 15.3. The lowest BCUT2D eigenvalue weighted by molar-refractivity contribution is -0.141. The lowest BCUT2D eigenvalue weighted by Gasteiger charge is -2.08. The summed E-state index contributed by atoms with van der Waals surface area (Å²) in [5.41, 5.74) is 0.649. The number of alkyl halides is 3. The van der Waals surface area contributed by atoms with E-state index in [4.69, 9.17) is 0 Å². The summed E-state index contributed by atoms with van der Waals surface area (Å²) >= 11 is 1.01. The molecule has 0 aliphatic carbocycles. The number of benzene rings is 1. The third-order valence-electron chi connectivity index (χ3n) is 3.93. The number of thiophene rings is 1.